The molecular weight excluding hydrogens is 130 g/mol. The Morgan fingerprint density at radius 3 is 2.40 bits per heavy atom. The summed E-state index contributed by atoms with van der Waals surface area (Å²) in [6.07, 6.45) is 1.25. The van der Waals surface area contributed by atoms with Crippen molar-refractivity contribution in [1.29, 1.82) is 0 Å². The molecule has 1 saturated carbocycles. The number of rotatable bonds is 2. The van der Waals surface area contributed by atoms with Crippen molar-refractivity contribution in [2.75, 3.05) is 14.1 Å². The molecular formula is C6H13N3O. The lowest BCUT2D eigenvalue weighted by Crippen LogP contribution is -2.10. The summed E-state index contributed by atoms with van der Waals surface area (Å²) in [6.45, 7) is 0. The van der Waals surface area contributed by atoms with Gasteiger partial charge in [0, 0.05) is 14.1 Å². The quantitative estimate of drug-likeness (QED) is 0.371. The molecule has 3 unspecified atom stereocenters. The van der Waals surface area contributed by atoms with Gasteiger partial charge in [-0.25, -0.2) is 0 Å². The lowest BCUT2D eigenvalue weighted by Gasteiger charge is -2.00. The average molecular weight is 143 g/mol. The SMILES string of the molecule is CN(C)C=NC1C(N)C1O. The molecule has 0 saturated heterocycles. The highest BCUT2D eigenvalue weighted by molar-refractivity contribution is 5.55. The third-order valence-corrected chi connectivity index (χ3v) is 1.47. The van der Waals surface area contributed by atoms with Crippen LogP contribution in [0.4, 0.5) is 0 Å². The molecule has 1 fully saturated rings. The number of nitrogens with zero attached hydrogens (tertiary/aromatic N) is 2. The fourth-order valence-electron chi connectivity index (χ4n) is 0.699. The molecule has 4 nitrogen and oxygen atoms in total. The predicted octanol–water partition coefficient (Wildman–Crippen LogP) is -1.35. The van der Waals surface area contributed by atoms with Crippen molar-refractivity contribution in [3.8, 4) is 0 Å². The molecule has 0 amide bonds. The third kappa shape index (κ3) is 1.46. The Balaban J connectivity index is 2.28. The van der Waals surface area contributed by atoms with E-state index < -0.39 is 6.10 Å². The van der Waals surface area contributed by atoms with Crippen LogP contribution in [0.3, 0.4) is 0 Å². The molecule has 0 spiro atoms. The minimum Gasteiger partial charge on any atom is -0.389 e. The van der Waals surface area contributed by atoms with E-state index in [-0.39, 0.29) is 12.1 Å². The van der Waals surface area contributed by atoms with Gasteiger partial charge < -0.3 is 15.7 Å². The first kappa shape index (κ1) is 7.50. The Morgan fingerprint density at radius 1 is 1.60 bits per heavy atom. The summed E-state index contributed by atoms with van der Waals surface area (Å²) in [5.74, 6) is 0. The van der Waals surface area contributed by atoms with Crippen molar-refractivity contribution in [2.45, 2.75) is 18.2 Å². The van der Waals surface area contributed by atoms with E-state index in [2.05, 4.69) is 4.99 Å². The fourth-order valence-corrected chi connectivity index (χ4v) is 0.699. The Bertz CT molecular complexity index is 138. The van der Waals surface area contributed by atoms with Gasteiger partial charge in [-0.05, 0) is 0 Å². The molecule has 58 valence electrons. The van der Waals surface area contributed by atoms with Crippen LogP contribution in [-0.4, -0.2) is 48.6 Å². The van der Waals surface area contributed by atoms with E-state index in [9.17, 15) is 0 Å². The Morgan fingerprint density at radius 2 is 2.10 bits per heavy atom. The van der Waals surface area contributed by atoms with Crippen LogP contribution >= 0.6 is 0 Å². The molecule has 0 aromatic heterocycles. The van der Waals surface area contributed by atoms with Crippen molar-refractivity contribution in [2.24, 2.45) is 10.7 Å². The maximum atomic E-state index is 8.95. The number of aliphatic hydroxyl groups is 1. The van der Waals surface area contributed by atoms with Crippen LogP contribution in [-0.2, 0) is 0 Å². The van der Waals surface area contributed by atoms with Gasteiger partial charge in [-0.15, -0.1) is 0 Å². The van der Waals surface area contributed by atoms with Gasteiger partial charge in [0.15, 0.2) is 0 Å². The van der Waals surface area contributed by atoms with E-state index in [1.54, 1.807) is 6.34 Å². The Hall–Kier alpha value is -0.610. The zero-order valence-electron chi connectivity index (χ0n) is 6.23. The van der Waals surface area contributed by atoms with Gasteiger partial charge >= 0.3 is 0 Å². The Labute approximate surface area is 60.3 Å². The Kier molecular flexibility index (Phi) is 1.92. The van der Waals surface area contributed by atoms with Gasteiger partial charge in [0.25, 0.3) is 0 Å². The summed E-state index contributed by atoms with van der Waals surface area (Å²) < 4.78 is 0. The normalized spacial score (nSPS) is 38.6. The summed E-state index contributed by atoms with van der Waals surface area (Å²) in [7, 11) is 3.76. The smallest absolute Gasteiger partial charge is 0.0968 e. The van der Waals surface area contributed by atoms with Crippen LogP contribution in [0.1, 0.15) is 0 Å². The summed E-state index contributed by atoms with van der Waals surface area (Å²) in [6, 6.07) is -0.210. The van der Waals surface area contributed by atoms with Crippen LogP contribution in [0.5, 0.6) is 0 Å². The lowest BCUT2D eigenvalue weighted by atomic mass is 10.7. The number of hydrogen-bond donors (Lipinski definition) is 2. The maximum Gasteiger partial charge on any atom is 0.0968 e. The largest absolute Gasteiger partial charge is 0.389 e. The molecule has 3 N–H and O–H groups in total. The molecule has 0 aromatic carbocycles. The van der Waals surface area contributed by atoms with Crippen LogP contribution < -0.4 is 5.73 Å². The molecule has 0 aliphatic heterocycles. The third-order valence-electron chi connectivity index (χ3n) is 1.47. The topological polar surface area (TPSA) is 61.8 Å². The van der Waals surface area contributed by atoms with E-state index in [0.29, 0.717) is 0 Å². The van der Waals surface area contributed by atoms with Gasteiger partial charge in [0.05, 0.1) is 24.5 Å². The van der Waals surface area contributed by atoms with Gasteiger partial charge in [-0.2, -0.15) is 0 Å². The average Bonchev–Trinajstić information content (AvgIpc) is 2.38. The second kappa shape index (κ2) is 2.56. The predicted molar refractivity (Wildman–Crippen MR) is 39.9 cm³/mol. The maximum absolute atomic E-state index is 8.95. The van der Waals surface area contributed by atoms with Crippen LogP contribution in [0.25, 0.3) is 0 Å². The van der Waals surface area contributed by atoms with Gasteiger partial charge in [-0.3, -0.25) is 4.99 Å². The van der Waals surface area contributed by atoms with Crippen molar-refractivity contribution in [1.82, 2.24) is 4.90 Å². The molecule has 10 heavy (non-hydrogen) atoms. The summed E-state index contributed by atoms with van der Waals surface area (Å²) >= 11 is 0. The zero-order valence-corrected chi connectivity index (χ0v) is 6.23. The van der Waals surface area contributed by atoms with Crippen LogP contribution in [0, 0.1) is 0 Å². The standard InChI is InChI=1S/C6H13N3O/c1-9(2)3-8-5-4(7)6(5)10/h3-6,10H,7H2,1-2H3. The zero-order chi connectivity index (χ0) is 7.72. The van der Waals surface area contributed by atoms with Gasteiger partial charge in [-0.1, -0.05) is 0 Å². The van der Waals surface area contributed by atoms with E-state index in [4.69, 9.17) is 10.8 Å². The van der Waals surface area contributed by atoms with E-state index in [1.807, 2.05) is 19.0 Å². The highest BCUT2D eigenvalue weighted by Crippen LogP contribution is 2.22. The number of hydrogen-bond acceptors (Lipinski definition) is 3. The van der Waals surface area contributed by atoms with Crippen LogP contribution in [0.15, 0.2) is 4.99 Å². The summed E-state index contributed by atoms with van der Waals surface area (Å²) in [5, 5.41) is 8.95. The molecule has 0 radical (unpaired) electrons. The van der Waals surface area contributed by atoms with E-state index >= 15 is 0 Å². The molecule has 1 aliphatic carbocycles. The number of nitrogens with two attached hydrogens (primary N) is 1. The second-order valence-corrected chi connectivity index (χ2v) is 2.79. The van der Waals surface area contributed by atoms with E-state index in [1.165, 1.54) is 0 Å². The second-order valence-electron chi connectivity index (χ2n) is 2.79. The molecule has 1 rings (SSSR count). The van der Waals surface area contributed by atoms with Crippen molar-refractivity contribution < 1.29 is 5.11 Å². The minimum atomic E-state index is -0.420. The minimum absolute atomic E-state index is 0.0672. The van der Waals surface area contributed by atoms with Crippen molar-refractivity contribution >= 4 is 6.34 Å². The first-order valence-electron chi connectivity index (χ1n) is 3.26. The highest BCUT2D eigenvalue weighted by Gasteiger charge is 2.46. The molecule has 1 aliphatic rings. The van der Waals surface area contributed by atoms with Gasteiger partial charge in [0.1, 0.15) is 0 Å². The first-order valence-corrected chi connectivity index (χ1v) is 3.26. The highest BCUT2D eigenvalue weighted by atomic mass is 16.3. The fraction of sp³-hybridized carbons (Fsp3) is 0.833. The summed E-state index contributed by atoms with van der Waals surface area (Å²) in [4.78, 5) is 5.84. The first-order chi connectivity index (χ1) is 4.63. The number of aliphatic imine (C=N–C) groups is 1. The molecule has 0 heterocycles. The molecule has 0 bridgehead atoms. The van der Waals surface area contributed by atoms with Crippen LogP contribution in [0.2, 0.25) is 0 Å². The van der Waals surface area contributed by atoms with E-state index in [0.717, 1.165) is 0 Å². The number of aliphatic hydroxyl groups excluding tert-OH is 1. The molecule has 0 aromatic rings. The van der Waals surface area contributed by atoms with Crippen molar-refractivity contribution in [3.05, 3.63) is 0 Å². The lowest BCUT2D eigenvalue weighted by molar-refractivity contribution is 0.266. The van der Waals surface area contributed by atoms with Gasteiger partial charge in [0.2, 0.25) is 0 Å². The molecule has 4 heteroatoms. The monoisotopic (exact) mass is 143 g/mol. The summed E-state index contributed by atoms with van der Waals surface area (Å²) in [5.41, 5.74) is 5.41. The van der Waals surface area contributed by atoms with Crippen molar-refractivity contribution in [3.63, 3.8) is 0 Å². The molecule has 3 atom stereocenters.